The van der Waals surface area contributed by atoms with E-state index in [0.29, 0.717) is 7.40 Å². The molecule has 0 amide bonds. The topological polar surface area (TPSA) is 73.4 Å². The zero-order valence-electron chi connectivity index (χ0n) is 5.54. The first-order valence-corrected chi connectivity index (χ1v) is 4.88. The van der Waals surface area contributed by atoms with E-state index < -0.39 is 0 Å². The number of halogens is 2. The van der Waals surface area contributed by atoms with Crippen molar-refractivity contribution in [3.63, 3.8) is 0 Å². The van der Waals surface area contributed by atoms with Crippen LogP contribution in [0.15, 0.2) is 0 Å². The standard InChI is InChI=1S/C6I2N4/c7-5-6(8)12-4(2-10)3(1-9)11-5. The van der Waals surface area contributed by atoms with Crippen LogP contribution in [0.25, 0.3) is 0 Å². The van der Waals surface area contributed by atoms with E-state index in [2.05, 4.69) is 9.97 Å². The predicted molar refractivity (Wildman–Crippen MR) is 56.9 cm³/mol. The summed E-state index contributed by atoms with van der Waals surface area (Å²) in [5, 5.41) is 17.1. The lowest BCUT2D eigenvalue weighted by Gasteiger charge is -1.95. The van der Waals surface area contributed by atoms with Crippen molar-refractivity contribution < 1.29 is 0 Å². The molecule has 0 aliphatic rings. The molecular weight excluding hydrogens is 382 g/mol. The summed E-state index contributed by atoms with van der Waals surface area (Å²) in [4.78, 5) is 7.79. The summed E-state index contributed by atoms with van der Waals surface area (Å²) >= 11 is 3.93. The molecule has 0 aliphatic carbocycles. The number of rotatable bonds is 0. The van der Waals surface area contributed by atoms with Gasteiger partial charge in [-0.25, -0.2) is 9.97 Å². The fourth-order valence-electron chi connectivity index (χ4n) is 0.550. The molecule has 0 aromatic carbocycles. The normalized spacial score (nSPS) is 8.67. The third-order valence-electron chi connectivity index (χ3n) is 1.03. The Kier molecular flexibility index (Phi) is 3.17. The predicted octanol–water partition coefficient (Wildman–Crippen LogP) is 1.43. The van der Waals surface area contributed by atoms with Crippen molar-refractivity contribution >= 4 is 45.2 Å². The van der Waals surface area contributed by atoms with Gasteiger partial charge in [-0.15, -0.1) is 0 Å². The molecule has 0 N–H and O–H groups in total. The van der Waals surface area contributed by atoms with Gasteiger partial charge < -0.3 is 0 Å². The van der Waals surface area contributed by atoms with Crippen molar-refractivity contribution in [2.75, 3.05) is 0 Å². The highest BCUT2D eigenvalue weighted by Crippen LogP contribution is 2.12. The Bertz CT molecular complexity index is 362. The highest BCUT2D eigenvalue weighted by molar-refractivity contribution is 14.1. The van der Waals surface area contributed by atoms with Gasteiger partial charge in [0.15, 0.2) is 11.4 Å². The van der Waals surface area contributed by atoms with E-state index >= 15 is 0 Å². The minimum Gasteiger partial charge on any atom is -0.225 e. The van der Waals surface area contributed by atoms with Crippen LogP contribution < -0.4 is 0 Å². The molecule has 0 fully saturated rings. The van der Waals surface area contributed by atoms with E-state index in [1.165, 1.54) is 0 Å². The zero-order valence-corrected chi connectivity index (χ0v) is 9.86. The maximum absolute atomic E-state index is 8.56. The molecule has 58 valence electrons. The van der Waals surface area contributed by atoms with Gasteiger partial charge in [0.2, 0.25) is 0 Å². The molecule has 0 aliphatic heterocycles. The molecule has 1 aromatic heterocycles. The summed E-state index contributed by atoms with van der Waals surface area (Å²) < 4.78 is 1.28. The highest BCUT2D eigenvalue weighted by Gasteiger charge is 2.08. The summed E-state index contributed by atoms with van der Waals surface area (Å²) in [7, 11) is 0. The van der Waals surface area contributed by atoms with Crippen LogP contribution in [0.3, 0.4) is 0 Å². The molecule has 1 heterocycles. The number of nitriles is 2. The third-order valence-corrected chi connectivity index (χ3v) is 3.56. The lowest BCUT2D eigenvalue weighted by atomic mass is 10.3. The fourth-order valence-corrected chi connectivity index (χ4v) is 1.27. The van der Waals surface area contributed by atoms with E-state index in [0.717, 1.165) is 0 Å². The van der Waals surface area contributed by atoms with Crippen LogP contribution in [0.1, 0.15) is 11.4 Å². The molecule has 1 aromatic rings. The first-order valence-electron chi connectivity index (χ1n) is 2.72. The Morgan fingerprint density at radius 2 is 1.25 bits per heavy atom. The fraction of sp³-hybridized carbons (Fsp3) is 0. The molecule has 0 bridgehead atoms. The lowest BCUT2D eigenvalue weighted by molar-refractivity contribution is 1.06. The summed E-state index contributed by atoms with van der Waals surface area (Å²) in [5.41, 5.74) is 0.171. The molecule has 0 radical (unpaired) electrons. The van der Waals surface area contributed by atoms with Crippen LogP contribution in [0.4, 0.5) is 0 Å². The van der Waals surface area contributed by atoms with Gasteiger partial charge in [0, 0.05) is 0 Å². The molecule has 0 unspecified atom stereocenters. The second-order valence-corrected chi connectivity index (χ2v) is 3.77. The maximum Gasteiger partial charge on any atom is 0.178 e. The Hall–Kier alpha value is -0.480. The van der Waals surface area contributed by atoms with Crippen molar-refractivity contribution in [2.24, 2.45) is 0 Å². The molecule has 0 saturated carbocycles. The van der Waals surface area contributed by atoms with Gasteiger partial charge in [-0.2, -0.15) is 10.5 Å². The van der Waals surface area contributed by atoms with Crippen LogP contribution in [-0.2, 0) is 0 Å². The summed E-state index contributed by atoms with van der Waals surface area (Å²) in [6, 6.07) is 3.62. The van der Waals surface area contributed by atoms with Crippen molar-refractivity contribution in [1.82, 2.24) is 9.97 Å². The van der Waals surface area contributed by atoms with Crippen LogP contribution >= 0.6 is 45.2 Å². The maximum atomic E-state index is 8.56. The number of nitrogens with zero attached hydrogens (tertiary/aromatic N) is 4. The van der Waals surface area contributed by atoms with E-state index in [-0.39, 0.29) is 11.4 Å². The van der Waals surface area contributed by atoms with Crippen molar-refractivity contribution in [3.8, 4) is 12.1 Å². The van der Waals surface area contributed by atoms with Gasteiger partial charge in [-0.05, 0) is 45.2 Å². The third kappa shape index (κ3) is 1.81. The molecule has 0 spiro atoms. The monoisotopic (exact) mass is 382 g/mol. The Morgan fingerprint density at radius 3 is 1.50 bits per heavy atom. The quantitative estimate of drug-likeness (QED) is 0.637. The minimum absolute atomic E-state index is 0.0855. The van der Waals surface area contributed by atoms with Crippen LogP contribution in [0, 0.1) is 30.1 Å². The Morgan fingerprint density at radius 1 is 0.917 bits per heavy atom. The molecule has 0 atom stereocenters. The average Bonchev–Trinajstić information content (AvgIpc) is 2.09. The van der Waals surface area contributed by atoms with Crippen LogP contribution in [0.5, 0.6) is 0 Å². The van der Waals surface area contributed by atoms with Crippen LogP contribution in [-0.4, -0.2) is 9.97 Å². The van der Waals surface area contributed by atoms with Gasteiger partial charge in [-0.1, -0.05) is 0 Å². The first-order chi connectivity index (χ1) is 5.69. The van der Waals surface area contributed by atoms with Crippen molar-refractivity contribution in [2.45, 2.75) is 0 Å². The number of hydrogen-bond acceptors (Lipinski definition) is 4. The lowest BCUT2D eigenvalue weighted by Crippen LogP contribution is -1.99. The van der Waals surface area contributed by atoms with E-state index in [9.17, 15) is 0 Å². The molecule has 6 heteroatoms. The second kappa shape index (κ2) is 3.96. The second-order valence-electron chi connectivity index (χ2n) is 1.73. The first kappa shape index (κ1) is 9.61. The molecule has 1 rings (SSSR count). The van der Waals surface area contributed by atoms with Crippen molar-refractivity contribution in [3.05, 3.63) is 18.8 Å². The minimum atomic E-state index is 0.0855. The van der Waals surface area contributed by atoms with Gasteiger partial charge in [0.1, 0.15) is 19.5 Å². The largest absolute Gasteiger partial charge is 0.225 e. The highest BCUT2D eigenvalue weighted by atomic mass is 127. The number of hydrogen-bond donors (Lipinski definition) is 0. The van der Waals surface area contributed by atoms with Gasteiger partial charge in [0.05, 0.1) is 0 Å². The average molecular weight is 382 g/mol. The molecule has 0 saturated heterocycles. The molecule has 4 nitrogen and oxygen atoms in total. The SMILES string of the molecule is N#Cc1nc(I)c(I)nc1C#N. The number of aromatic nitrogens is 2. The summed E-state index contributed by atoms with van der Waals surface area (Å²) in [5.74, 6) is 0. The van der Waals surface area contributed by atoms with E-state index in [1.54, 1.807) is 0 Å². The van der Waals surface area contributed by atoms with Crippen LogP contribution in [0.2, 0.25) is 0 Å². The smallest absolute Gasteiger partial charge is 0.178 e. The Balaban J connectivity index is 3.44. The molecular formula is C6I2N4. The Labute approximate surface area is 95.9 Å². The van der Waals surface area contributed by atoms with E-state index in [4.69, 9.17) is 10.5 Å². The molecule has 12 heavy (non-hydrogen) atoms. The summed E-state index contributed by atoms with van der Waals surface area (Å²) in [6.45, 7) is 0. The van der Waals surface area contributed by atoms with E-state index in [1.807, 2.05) is 57.3 Å². The van der Waals surface area contributed by atoms with Gasteiger partial charge >= 0.3 is 0 Å². The summed E-state index contributed by atoms with van der Waals surface area (Å²) in [6.07, 6.45) is 0. The zero-order chi connectivity index (χ0) is 9.14. The van der Waals surface area contributed by atoms with Gasteiger partial charge in [-0.3, -0.25) is 0 Å². The van der Waals surface area contributed by atoms with Gasteiger partial charge in [0.25, 0.3) is 0 Å². The van der Waals surface area contributed by atoms with Crippen molar-refractivity contribution in [1.29, 1.82) is 10.5 Å².